The van der Waals surface area contributed by atoms with Crippen molar-refractivity contribution in [3.63, 3.8) is 0 Å². The van der Waals surface area contributed by atoms with Gasteiger partial charge in [0.25, 0.3) is 0 Å². The maximum Gasteiger partial charge on any atom is 0.164 e. The summed E-state index contributed by atoms with van der Waals surface area (Å²) in [5.74, 6) is -1.02. The van der Waals surface area contributed by atoms with Crippen LogP contribution in [0, 0.1) is 17.1 Å². The monoisotopic (exact) mass is 177 g/mol. The van der Waals surface area contributed by atoms with Crippen molar-refractivity contribution in [3.8, 4) is 11.8 Å². The molecule has 0 amide bonds. The van der Waals surface area contributed by atoms with Gasteiger partial charge in [-0.15, -0.1) is 0 Å². The molecule has 0 atom stereocenters. The van der Waals surface area contributed by atoms with E-state index in [2.05, 4.69) is 6.07 Å². The van der Waals surface area contributed by atoms with Crippen molar-refractivity contribution in [2.75, 3.05) is 0 Å². The predicted molar refractivity (Wildman–Crippen MR) is 44.6 cm³/mol. The number of benzene rings is 1. The zero-order chi connectivity index (χ0) is 9.47. The van der Waals surface area contributed by atoms with Crippen LogP contribution in [0.1, 0.15) is 18.4 Å². The van der Waals surface area contributed by atoms with Gasteiger partial charge in [0.2, 0.25) is 0 Å². The number of aromatic hydroxyl groups is 1. The average Bonchev–Trinajstić information content (AvgIpc) is 2.90. The van der Waals surface area contributed by atoms with Gasteiger partial charge in [-0.2, -0.15) is 5.26 Å². The van der Waals surface area contributed by atoms with E-state index in [-0.39, 0.29) is 5.75 Å². The smallest absolute Gasteiger partial charge is 0.164 e. The molecule has 0 bridgehead atoms. The van der Waals surface area contributed by atoms with Gasteiger partial charge in [-0.25, -0.2) is 4.39 Å². The van der Waals surface area contributed by atoms with Crippen LogP contribution >= 0.6 is 0 Å². The van der Waals surface area contributed by atoms with Gasteiger partial charge in [-0.05, 0) is 30.5 Å². The molecule has 0 aliphatic heterocycles. The highest BCUT2D eigenvalue weighted by Gasteiger charge is 2.45. The third-order valence-corrected chi connectivity index (χ3v) is 2.46. The molecular weight excluding hydrogens is 169 g/mol. The Hall–Kier alpha value is -1.56. The molecular formula is C10H8FNO. The summed E-state index contributed by atoms with van der Waals surface area (Å²) in [7, 11) is 0. The molecule has 1 saturated carbocycles. The van der Waals surface area contributed by atoms with E-state index in [1.807, 2.05) is 0 Å². The molecule has 1 fully saturated rings. The lowest BCUT2D eigenvalue weighted by atomic mass is 9.97. The topological polar surface area (TPSA) is 44.0 Å². The van der Waals surface area contributed by atoms with E-state index >= 15 is 0 Å². The lowest BCUT2D eigenvalue weighted by Gasteiger charge is -2.06. The molecule has 0 spiro atoms. The number of phenolic OH excluding ortho intramolecular Hbond substituents is 1. The van der Waals surface area contributed by atoms with E-state index < -0.39 is 11.2 Å². The number of nitrogens with zero attached hydrogens (tertiary/aromatic N) is 1. The first-order chi connectivity index (χ1) is 6.18. The molecule has 2 nitrogen and oxygen atoms in total. The fourth-order valence-electron chi connectivity index (χ4n) is 1.40. The Morgan fingerprint density at radius 1 is 1.46 bits per heavy atom. The molecule has 0 radical (unpaired) electrons. The molecule has 0 aromatic heterocycles. The van der Waals surface area contributed by atoms with E-state index in [1.165, 1.54) is 12.1 Å². The fraction of sp³-hybridized carbons (Fsp3) is 0.300. The van der Waals surface area contributed by atoms with Crippen molar-refractivity contribution < 1.29 is 9.50 Å². The molecule has 1 aliphatic carbocycles. The van der Waals surface area contributed by atoms with Gasteiger partial charge in [0.15, 0.2) is 11.6 Å². The molecule has 1 aliphatic rings. The highest BCUT2D eigenvalue weighted by Crippen LogP contribution is 2.48. The summed E-state index contributed by atoms with van der Waals surface area (Å²) in [6, 6.07) is 6.28. The Morgan fingerprint density at radius 3 is 2.62 bits per heavy atom. The van der Waals surface area contributed by atoms with Crippen molar-refractivity contribution in [2.45, 2.75) is 18.3 Å². The lowest BCUT2D eigenvalue weighted by molar-refractivity contribution is 0.431. The zero-order valence-electron chi connectivity index (χ0n) is 6.92. The normalized spacial score (nSPS) is 17.8. The van der Waals surface area contributed by atoms with E-state index in [0.717, 1.165) is 12.8 Å². The third-order valence-electron chi connectivity index (χ3n) is 2.46. The largest absolute Gasteiger partial charge is 0.505 e. The molecule has 1 N–H and O–H groups in total. The molecule has 1 aromatic carbocycles. The highest BCUT2D eigenvalue weighted by molar-refractivity contribution is 5.42. The van der Waals surface area contributed by atoms with Gasteiger partial charge in [0.05, 0.1) is 11.5 Å². The van der Waals surface area contributed by atoms with E-state index in [0.29, 0.717) is 5.56 Å². The Morgan fingerprint density at radius 2 is 2.15 bits per heavy atom. The molecule has 0 saturated heterocycles. The standard InChI is InChI=1S/C10H8FNO/c11-8-2-1-7(5-9(8)13)10(6-12)3-4-10/h1-2,5,13H,3-4H2. The van der Waals surface area contributed by atoms with Gasteiger partial charge in [0, 0.05) is 0 Å². The average molecular weight is 177 g/mol. The minimum atomic E-state index is -0.641. The minimum Gasteiger partial charge on any atom is -0.505 e. The van der Waals surface area contributed by atoms with Crippen LogP contribution in [0.4, 0.5) is 4.39 Å². The first kappa shape index (κ1) is 8.06. The summed E-state index contributed by atoms with van der Waals surface area (Å²) < 4.78 is 12.7. The molecule has 3 heteroatoms. The molecule has 0 heterocycles. The summed E-state index contributed by atoms with van der Waals surface area (Å²) in [6.07, 6.45) is 1.60. The molecule has 13 heavy (non-hydrogen) atoms. The van der Waals surface area contributed by atoms with Crippen molar-refractivity contribution in [3.05, 3.63) is 29.6 Å². The van der Waals surface area contributed by atoms with Crippen LogP contribution < -0.4 is 0 Å². The van der Waals surface area contributed by atoms with Gasteiger partial charge in [-0.1, -0.05) is 6.07 Å². The SMILES string of the molecule is N#CC1(c2ccc(F)c(O)c2)CC1. The van der Waals surface area contributed by atoms with Gasteiger partial charge >= 0.3 is 0 Å². The van der Waals surface area contributed by atoms with Gasteiger partial charge in [-0.3, -0.25) is 0 Å². The first-order valence-electron chi connectivity index (χ1n) is 4.08. The van der Waals surface area contributed by atoms with Gasteiger partial charge < -0.3 is 5.11 Å². The predicted octanol–water partition coefficient (Wildman–Crippen LogP) is 2.09. The fourth-order valence-corrected chi connectivity index (χ4v) is 1.40. The van der Waals surface area contributed by atoms with E-state index in [4.69, 9.17) is 10.4 Å². The summed E-state index contributed by atoms with van der Waals surface area (Å²) in [5, 5.41) is 17.9. The minimum absolute atomic E-state index is 0.376. The van der Waals surface area contributed by atoms with Crippen LogP contribution in [0.15, 0.2) is 18.2 Å². The summed E-state index contributed by atoms with van der Waals surface area (Å²) in [5.41, 5.74) is 0.263. The Labute approximate surface area is 75.2 Å². The van der Waals surface area contributed by atoms with Crippen LogP contribution in [-0.4, -0.2) is 5.11 Å². The second-order valence-corrected chi connectivity index (χ2v) is 3.36. The van der Waals surface area contributed by atoms with Crippen molar-refractivity contribution >= 4 is 0 Å². The maximum absolute atomic E-state index is 12.7. The van der Waals surface area contributed by atoms with Crippen LogP contribution in [-0.2, 0) is 5.41 Å². The van der Waals surface area contributed by atoms with Crippen LogP contribution in [0.3, 0.4) is 0 Å². The van der Waals surface area contributed by atoms with Gasteiger partial charge in [0.1, 0.15) is 0 Å². The molecule has 0 unspecified atom stereocenters. The van der Waals surface area contributed by atoms with Crippen LogP contribution in [0.25, 0.3) is 0 Å². The summed E-state index contributed by atoms with van der Waals surface area (Å²) in [4.78, 5) is 0. The number of hydrogen-bond acceptors (Lipinski definition) is 2. The second kappa shape index (κ2) is 2.46. The van der Waals surface area contributed by atoms with E-state index in [1.54, 1.807) is 6.07 Å². The summed E-state index contributed by atoms with van der Waals surface area (Å²) >= 11 is 0. The highest BCUT2D eigenvalue weighted by atomic mass is 19.1. The second-order valence-electron chi connectivity index (χ2n) is 3.36. The molecule has 1 aromatic rings. The van der Waals surface area contributed by atoms with Crippen molar-refractivity contribution in [2.24, 2.45) is 0 Å². The molecule has 66 valence electrons. The number of nitriles is 1. The number of phenols is 1. The number of halogens is 1. The quantitative estimate of drug-likeness (QED) is 0.713. The first-order valence-corrected chi connectivity index (χ1v) is 4.08. The third kappa shape index (κ3) is 1.15. The Balaban J connectivity index is 2.44. The number of rotatable bonds is 1. The Bertz CT molecular complexity index is 390. The van der Waals surface area contributed by atoms with Crippen molar-refractivity contribution in [1.82, 2.24) is 0 Å². The molecule has 2 rings (SSSR count). The zero-order valence-corrected chi connectivity index (χ0v) is 6.92. The lowest BCUT2D eigenvalue weighted by Crippen LogP contribution is -2.02. The van der Waals surface area contributed by atoms with Crippen molar-refractivity contribution in [1.29, 1.82) is 5.26 Å². The maximum atomic E-state index is 12.7. The summed E-state index contributed by atoms with van der Waals surface area (Å²) in [6.45, 7) is 0. The van der Waals surface area contributed by atoms with Crippen LogP contribution in [0.5, 0.6) is 5.75 Å². The van der Waals surface area contributed by atoms with Crippen LogP contribution in [0.2, 0.25) is 0 Å². The number of hydrogen-bond donors (Lipinski definition) is 1. The Kier molecular flexibility index (Phi) is 1.53. The van der Waals surface area contributed by atoms with E-state index in [9.17, 15) is 4.39 Å².